The number of ether oxygens (including phenoxy) is 1. The second-order valence-corrected chi connectivity index (χ2v) is 6.55. The van der Waals surface area contributed by atoms with Gasteiger partial charge < -0.3 is 19.9 Å². The maximum Gasteiger partial charge on any atom is 0.226 e. The Labute approximate surface area is 161 Å². The molecule has 1 heterocycles. The van der Waals surface area contributed by atoms with Crippen LogP contribution in [-0.4, -0.2) is 42.8 Å². The molecule has 0 amide bonds. The molecule has 0 bridgehead atoms. The molecule has 2 aromatic rings. The van der Waals surface area contributed by atoms with Crippen molar-refractivity contribution >= 4 is 5.96 Å². The zero-order valence-electron chi connectivity index (χ0n) is 16.8. The SMILES string of the molecule is CCNC(=NCCCc1nc(C(C)C)no1)NCCc1ccccc1OC. The Bertz CT molecular complexity index is 712. The maximum atomic E-state index is 5.39. The Morgan fingerprint density at radius 3 is 2.74 bits per heavy atom. The van der Waals surface area contributed by atoms with Gasteiger partial charge in [0.2, 0.25) is 5.89 Å². The topological polar surface area (TPSA) is 84.6 Å². The largest absolute Gasteiger partial charge is 0.496 e. The van der Waals surface area contributed by atoms with Crippen LogP contribution in [0.15, 0.2) is 33.8 Å². The van der Waals surface area contributed by atoms with Crippen molar-refractivity contribution in [2.24, 2.45) is 4.99 Å². The smallest absolute Gasteiger partial charge is 0.226 e. The van der Waals surface area contributed by atoms with Crippen molar-refractivity contribution in [2.45, 2.75) is 46.0 Å². The summed E-state index contributed by atoms with van der Waals surface area (Å²) in [4.78, 5) is 9.01. The van der Waals surface area contributed by atoms with Crippen LogP contribution in [0.4, 0.5) is 0 Å². The predicted molar refractivity (Wildman–Crippen MR) is 107 cm³/mol. The lowest BCUT2D eigenvalue weighted by atomic mass is 10.1. The van der Waals surface area contributed by atoms with Crippen molar-refractivity contribution in [3.8, 4) is 5.75 Å². The molecule has 148 valence electrons. The van der Waals surface area contributed by atoms with Gasteiger partial charge in [-0.05, 0) is 31.4 Å². The van der Waals surface area contributed by atoms with Crippen molar-refractivity contribution in [2.75, 3.05) is 26.7 Å². The van der Waals surface area contributed by atoms with E-state index >= 15 is 0 Å². The number of para-hydroxylation sites is 1. The van der Waals surface area contributed by atoms with Gasteiger partial charge in [0.25, 0.3) is 0 Å². The van der Waals surface area contributed by atoms with Gasteiger partial charge in [0, 0.05) is 32.0 Å². The zero-order chi connectivity index (χ0) is 19.5. The van der Waals surface area contributed by atoms with E-state index in [1.54, 1.807) is 7.11 Å². The molecular weight excluding hydrogens is 342 g/mol. The minimum Gasteiger partial charge on any atom is -0.496 e. The quantitative estimate of drug-likeness (QED) is 0.378. The fraction of sp³-hybridized carbons (Fsp3) is 0.550. The van der Waals surface area contributed by atoms with Crippen LogP contribution >= 0.6 is 0 Å². The fourth-order valence-electron chi connectivity index (χ4n) is 2.59. The normalized spacial score (nSPS) is 11.7. The van der Waals surface area contributed by atoms with Crippen LogP contribution in [-0.2, 0) is 12.8 Å². The Kier molecular flexibility index (Phi) is 8.61. The number of guanidine groups is 1. The average molecular weight is 374 g/mol. The third kappa shape index (κ3) is 6.92. The lowest BCUT2D eigenvalue weighted by Gasteiger charge is -2.12. The Balaban J connectivity index is 1.77. The first kappa shape index (κ1) is 20.7. The predicted octanol–water partition coefficient (Wildman–Crippen LogP) is 2.93. The Hall–Kier alpha value is -2.57. The molecule has 0 aliphatic carbocycles. The molecule has 0 radical (unpaired) electrons. The van der Waals surface area contributed by atoms with Gasteiger partial charge in [0.1, 0.15) is 5.75 Å². The number of aromatic nitrogens is 2. The maximum absolute atomic E-state index is 5.39. The van der Waals surface area contributed by atoms with Crippen LogP contribution in [0.5, 0.6) is 5.75 Å². The molecule has 0 saturated heterocycles. The number of methoxy groups -OCH3 is 1. The molecule has 2 N–H and O–H groups in total. The summed E-state index contributed by atoms with van der Waals surface area (Å²) >= 11 is 0. The number of aryl methyl sites for hydroxylation is 1. The molecule has 0 aliphatic heterocycles. The van der Waals surface area contributed by atoms with E-state index in [0.717, 1.165) is 49.9 Å². The van der Waals surface area contributed by atoms with Crippen LogP contribution in [0, 0.1) is 0 Å². The third-order valence-electron chi connectivity index (χ3n) is 4.04. The summed E-state index contributed by atoms with van der Waals surface area (Å²) in [5.41, 5.74) is 1.18. The summed E-state index contributed by atoms with van der Waals surface area (Å²) < 4.78 is 10.7. The van der Waals surface area contributed by atoms with Gasteiger partial charge in [0.05, 0.1) is 7.11 Å². The lowest BCUT2D eigenvalue weighted by molar-refractivity contribution is 0.369. The van der Waals surface area contributed by atoms with E-state index in [-0.39, 0.29) is 5.92 Å². The summed E-state index contributed by atoms with van der Waals surface area (Å²) in [7, 11) is 1.70. The van der Waals surface area contributed by atoms with E-state index in [9.17, 15) is 0 Å². The number of hydrogen-bond donors (Lipinski definition) is 2. The number of hydrogen-bond acceptors (Lipinski definition) is 5. The van der Waals surface area contributed by atoms with Gasteiger partial charge >= 0.3 is 0 Å². The van der Waals surface area contributed by atoms with Crippen LogP contribution < -0.4 is 15.4 Å². The highest BCUT2D eigenvalue weighted by molar-refractivity contribution is 5.79. The number of nitrogens with one attached hydrogen (secondary N) is 2. The first-order valence-electron chi connectivity index (χ1n) is 9.60. The summed E-state index contributed by atoms with van der Waals surface area (Å²) in [6.45, 7) is 8.47. The molecule has 7 nitrogen and oxygen atoms in total. The van der Waals surface area contributed by atoms with Crippen molar-refractivity contribution in [1.29, 1.82) is 0 Å². The number of benzene rings is 1. The van der Waals surface area contributed by atoms with E-state index in [1.807, 2.05) is 18.2 Å². The third-order valence-corrected chi connectivity index (χ3v) is 4.04. The van der Waals surface area contributed by atoms with Gasteiger partial charge in [-0.3, -0.25) is 4.99 Å². The van der Waals surface area contributed by atoms with Crippen molar-refractivity contribution in [3.05, 3.63) is 41.5 Å². The van der Waals surface area contributed by atoms with Crippen molar-refractivity contribution in [1.82, 2.24) is 20.8 Å². The number of rotatable bonds is 10. The molecule has 1 aromatic carbocycles. The van der Waals surface area contributed by atoms with Gasteiger partial charge in [-0.15, -0.1) is 0 Å². The standard InChI is InChI=1S/C20H31N5O2/c1-5-21-20(23-14-12-16-9-6-7-10-17(16)26-4)22-13-8-11-18-24-19(15(2)3)25-27-18/h6-7,9-10,15H,5,8,11-14H2,1-4H3,(H2,21,22,23). The van der Waals surface area contributed by atoms with E-state index in [0.29, 0.717) is 12.4 Å². The Morgan fingerprint density at radius 1 is 1.22 bits per heavy atom. The van der Waals surface area contributed by atoms with Crippen LogP contribution in [0.25, 0.3) is 0 Å². The summed E-state index contributed by atoms with van der Waals surface area (Å²) in [6.07, 6.45) is 2.47. The van der Waals surface area contributed by atoms with E-state index in [2.05, 4.69) is 52.6 Å². The summed E-state index contributed by atoms with van der Waals surface area (Å²) in [5.74, 6) is 3.47. The van der Waals surface area contributed by atoms with E-state index in [4.69, 9.17) is 9.26 Å². The minimum atomic E-state index is 0.285. The van der Waals surface area contributed by atoms with Gasteiger partial charge in [0.15, 0.2) is 11.8 Å². The lowest BCUT2D eigenvalue weighted by Crippen LogP contribution is -2.38. The molecule has 0 atom stereocenters. The van der Waals surface area contributed by atoms with Crippen LogP contribution in [0.3, 0.4) is 0 Å². The molecule has 0 aliphatic rings. The van der Waals surface area contributed by atoms with Crippen LogP contribution in [0.1, 0.15) is 50.4 Å². The molecule has 0 spiro atoms. The second kappa shape index (κ2) is 11.2. The average Bonchev–Trinajstić information content (AvgIpc) is 3.15. The Morgan fingerprint density at radius 2 is 2.04 bits per heavy atom. The number of nitrogens with zero attached hydrogens (tertiary/aromatic N) is 3. The summed E-state index contributed by atoms with van der Waals surface area (Å²) in [5, 5.41) is 10.6. The molecule has 2 rings (SSSR count). The monoisotopic (exact) mass is 373 g/mol. The molecule has 27 heavy (non-hydrogen) atoms. The van der Waals surface area contributed by atoms with Gasteiger partial charge in [-0.1, -0.05) is 37.2 Å². The van der Waals surface area contributed by atoms with Crippen molar-refractivity contribution in [3.63, 3.8) is 0 Å². The molecule has 7 heteroatoms. The molecule has 0 saturated carbocycles. The highest BCUT2D eigenvalue weighted by Crippen LogP contribution is 2.17. The first-order chi connectivity index (χ1) is 13.1. The molecule has 0 unspecified atom stereocenters. The van der Waals surface area contributed by atoms with E-state index < -0.39 is 0 Å². The van der Waals surface area contributed by atoms with E-state index in [1.165, 1.54) is 5.56 Å². The van der Waals surface area contributed by atoms with Gasteiger partial charge in [-0.25, -0.2) is 0 Å². The number of aliphatic imine (C=N–C) groups is 1. The highest BCUT2D eigenvalue weighted by atomic mass is 16.5. The van der Waals surface area contributed by atoms with Gasteiger partial charge in [-0.2, -0.15) is 4.98 Å². The zero-order valence-corrected chi connectivity index (χ0v) is 16.8. The fourth-order valence-corrected chi connectivity index (χ4v) is 2.59. The molecular formula is C20H31N5O2. The summed E-state index contributed by atoms with van der Waals surface area (Å²) in [6, 6.07) is 8.07. The second-order valence-electron chi connectivity index (χ2n) is 6.55. The molecule has 1 aromatic heterocycles. The first-order valence-corrected chi connectivity index (χ1v) is 9.60. The van der Waals surface area contributed by atoms with Crippen LogP contribution in [0.2, 0.25) is 0 Å². The molecule has 0 fully saturated rings. The van der Waals surface area contributed by atoms with Crippen molar-refractivity contribution < 1.29 is 9.26 Å². The minimum absolute atomic E-state index is 0.285. The highest BCUT2D eigenvalue weighted by Gasteiger charge is 2.09.